The first kappa shape index (κ1) is 17.4. The summed E-state index contributed by atoms with van der Waals surface area (Å²) in [5.74, 6) is 0.868. The first-order valence-corrected chi connectivity index (χ1v) is 8.42. The molecule has 1 aromatic carbocycles. The lowest BCUT2D eigenvalue weighted by atomic mass is 9.96. The van der Waals surface area contributed by atoms with E-state index in [1.807, 2.05) is 12.1 Å². The topological polar surface area (TPSA) is 123 Å². The van der Waals surface area contributed by atoms with Crippen LogP contribution in [0.25, 0.3) is 0 Å². The Labute approximate surface area is 150 Å². The Morgan fingerprint density at radius 1 is 1.20 bits per heavy atom. The second kappa shape index (κ2) is 7.62. The van der Waals surface area contributed by atoms with Gasteiger partial charge in [-0.15, -0.1) is 0 Å². The number of nitrogens with one attached hydrogen (secondary N) is 1. The van der Waals surface area contributed by atoms with Crippen molar-refractivity contribution >= 4 is 35.1 Å². The molecule has 132 valence electrons. The van der Waals surface area contributed by atoms with Gasteiger partial charge >= 0.3 is 0 Å². The summed E-state index contributed by atoms with van der Waals surface area (Å²) in [6, 6.07) is 7.21. The predicted octanol–water partition coefficient (Wildman–Crippen LogP) is 1.55. The fourth-order valence-corrected chi connectivity index (χ4v) is 2.93. The molecule has 1 amide bonds. The van der Waals surface area contributed by atoms with Crippen LogP contribution in [-0.2, 0) is 11.3 Å². The highest BCUT2D eigenvalue weighted by Crippen LogP contribution is 2.19. The zero-order chi connectivity index (χ0) is 17.8. The summed E-state index contributed by atoms with van der Waals surface area (Å²) in [4.78, 5) is 26.2. The van der Waals surface area contributed by atoms with Gasteiger partial charge in [0.25, 0.3) is 0 Å². The van der Waals surface area contributed by atoms with Gasteiger partial charge < -0.3 is 16.8 Å². The minimum Gasteiger partial charge on any atom is -0.369 e. The maximum absolute atomic E-state index is 11.2. The summed E-state index contributed by atoms with van der Waals surface area (Å²) >= 11 is 5.88. The molecule has 25 heavy (non-hydrogen) atoms. The third kappa shape index (κ3) is 4.77. The second-order valence-corrected chi connectivity index (χ2v) is 6.45. The summed E-state index contributed by atoms with van der Waals surface area (Å²) in [6.45, 7) is 2.10. The van der Waals surface area contributed by atoms with E-state index < -0.39 is 0 Å². The lowest BCUT2D eigenvalue weighted by Crippen LogP contribution is -2.38. The number of nitrogen functional groups attached to an aromatic ring is 1. The van der Waals surface area contributed by atoms with Crippen molar-refractivity contribution in [2.45, 2.75) is 19.4 Å². The van der Waals surface area contributed by atoms with Crippen LogP contribution in [-0.4, -0.2) is 38.8 Å². The molecule has 0 spiro atoms. The Morgan fingerprint density at radius 3 is 2.52 bits per heavy atom. The van der Waals surface area contributed by atoms with Crippen LogP contribution in [0, 0.1) is 5.92 Å². The third-order valence-electron chi connectivity index (χ3n) is 4.15. The van der Waals surface area contributed by atoms with Crippen molar-refractivity contribution in [1.82, 2.24) is 19.9 Å². The molecule has 0 saturated carbocycles. The van der Waals surface area contributed by atoms with E-state index in [1.165, 1.54) is 0 Å². The molecule has 1 aliphatic heterocycles. The number of piperidine rings is 1. The number of nitrogens with two attached hydrogens (primary N) is 2. The first-order valence-electron chi connectivity index (χ1n) is 8.04. The van der Waals surface area contributed by atoms with Crippen LogP contribution in [0.2, 0.25) is 5.02 Å². The Hall–Kier alpha value is -2.45. The van der Waals surface area contributed by atoms with Crippen LogP contribution in [0.1, 0.15) is 18.7 Å². The summed E-state index contributed by atoms with van der Waals surface area (Å²) in [6.07, 6.45) is 1.51. The minimum absolute atomic E-state index is 0.0400. The number of benzene rings is 1. The Morgan fingerprint density at radius 2 is 1.88 bits per heavy atom. The van der Waals surface area contributed by atoms with E-state index in [4.69, 9.17) is 23.1 Å². The molecular weight excluding hydrogens is 342 g/mol. The molecule has 9 heteroatoms. The van der Waals surface area contributed by atoms with Crippen LogP contribution >= 0.6 is 11.6 Å². The largest absolute Gasteiger partial charge is 0.369 e. The quantitative estimate of drug-likeness (QED) is 0.738. The van der Waals surface area contributed by atoms with Gasteiger partial charge in [0.2, 0.25) is 17.8 Å². The number of carbonyl (C=O) groups is 1. The fraction of sp³-hybridized carbons (Fsp3) is 0.375. The van der Waals surface area contributed by atoms with Gasteiger partial charge in [0.1, 0.15) is 5.82 Å². The maximum Gasteiger partial charge on any atom is 0.232 e. The van der Waals surface area contributed by atoms with Gasteiger partial charge in [-0.25, -0.2) is 0 Å². The average molecular weight is 362 g/mol. The molecule has 5 N–H and O–H groups in total. The van der Waals surface area contributed by atoms with Crippen molar-refractivity contribution in [1.29, 1.82) is 0 Å². The number of nitrogens with zero attached hydrogens (tertiary/aromatic N) is 4. The van der Waals surface area contributed by atoms with Crippen molar-refractivity contribution in [2.75, 3.05) is 24.1 Å². The molecule has 1 aromatic heterocycles. The molecule has 1 saturated heterocycles. The van der Waals surface area contributed by atoms with E-state index in [0.29, 0.717) is 23.3 Å². The number of aromatic nitrogens is 3. The zero-order valence-corrected chi connectivity index (χ0v) is 14.4. The van der Waals surface area contributed by atoms with E-state index in [0.717, 1.165) is 31.6 Å². The lowest BCUT2D eigenvalue weighted by molar-refractivity contribution is -0.123. The van der Waals surface area contributed by atoms with E-state index in [2.05, 4.69) is 25.2 Å². The van der Waals surface area contributed by atoms with Crippen molar-refractivity contribution in [3.63, 3.8) is 0 Å². The van der Waals surface area contributed by atoms with E-state index in [9.17, 15) is 4.79 Å². The smallest absolute Gasteiger partial charge is 0.232 e. The summed E-state index contributed by atoms with van der Waals surface area (Å²) < 4.78 is 0. The number of primary amides is 1. The molecule has 0 bridgehead atoms. The molecule has 0 aliphatic carbocycles. The first-order chi connectivity index (χ1) is 12.0. The van der Waals surface area contributed by atoms with Gasteiger partial charge in [-0.2, -0.15) is 15.0 Å². The molecule has 8 nitrogen and oxygen atoms in total. The fourth-order valence-electron chi connectivity index (χ4n) is 2.80. The van der Waals surface area contributed by atoms with Crippen LogP contribution in [0.15, 0.2) is 24.3 Å². The number of hydrogen-bond donors (Lipinski definition) is 3. The van der Waals surface area contributed by atoms with E-state index >= 15 is 0 Å². The molecule has 2 heterocycles. The van der Waals surface area contributed by atoms with Crippen LogP contribution in [0.3, 0.4) is 0 Å². The van der Waals surface area contributed by atoms with Crippen molar-refractivity contribution in [3.05, 3.63) is 35.1 Å². The number of hydrogen-bond acceptors (Lipinski definition) is 7. The average Bonchev–Trinajstić information content (AvgIpc) is 2.57. The van der Waals surface area contributed by atoms with Crippen LogP contribution in [0.4, 0.5) is 17.6 Å². The monoisotopic (exact) mass is 361 g/mol. The lowest BCUT2D eigenvalue weighted by Gasteiger charge is -2.29. The number of anilines is 3. The standard InChI is InChI=1S/C16H20ClN7O/c17-11-1-3-12(4-2-11)20-16-22-13(21-15(19)23-16)9-24-7-5-10(6-8-24)14(18)25/h1-4,10H,5-9H2,(H2,18,25)(H3,19,20,21,22,23). The van der Waals surface area contributed by atoms with Crippen molar-refractivity contribution < 1.29 is 4.79 Å². The second-order valence-electron chi connectivity index (χ2n) is 6.02. The van der Waals surface area contributed by atoms with Gasteiger partial charge in [-0.3, -0.25) is 9.69 Å². The Balaban J connectivity index is 1.65. The third-order valence-corrected chi connectivity index (χ3v) is 4.41. The summed E-state index contributed by atoms with van der Waals surface area (Å²) in [7, 11) is 0. The summed E-state index contributed by atoms with van der Waals surface area (Å²) in [5, 5.41) is 3.74. The number of carbonyl (C=O) groups excluding carboxylic acids is 1. The van der Waals surface area contributed by atoms with E-state index in [1.54, 1.807) is 12.1 Å². The number of halogens is 1. The Bertz CT molecular complexity index is 745. The highest BCUT2D eigenvalue weighted by atomic mass is 35.5. The van der Waals surface area contributed by atoms with Crippen LogP contribution in [0.5, 0.6) is 0 Å². The van der Waals surface area contributed by atoms with Gasteiger partial charge in [0.15, 0.2) is 0 Å². The molecule has 2 aromatic rings. The molecule has 1 fully saturated rings. The number of rotatable bonds is 5. The van der Waals surface area contributed by atoms with Crippen molar-refractivity contribution in [3.8, 4) is 0 Å². The molecule has 0 unspecified atom stereocenters. The molecule has 3 rings (SSSR count). The maximum atomic E-state index is 11.2. The van der Waals surface area contributed by atoms with Crippen LogP contribution < -0.4 is 16.8 Å². The zero-order valence-electron chi connectivity index (χ0n) is 13.7. The van der Waals surface area contributed by atoms with Gasteiger partial charge in [0, 0.05) is 16.6 Å². The summed E-state index contributed by atoms with van der Waals surface area (Å²) in [5.41, 5.74) is 12.0. The van der Waals surface area contributed by atoms with Gasteiger partial charge in [-0.1, -0.05) is 11.6 Å². The Kier molecular flexibility index (Phi) is 5.30. The van der Waals surface area contributed by atoms with Gasteiger partial charge in [-0.05, 0) is 50.2 Å². The SMILES string of the molecule is NC(=O)C1CCN(Cc2nc(N)nc(Nc3ccc(Cl)cc3)n2)CC1. The molecule has 0 radical (unpaired) electrons. The highest BCUT2D eigenvalue weighted by Gasteiger charge is 2.23. The number of likely N-dealkylation sites (tertiary alicyclic amines) is 1. The normalized spacial score (nSPS) is 15.9. The van der Waals surface area contributed by atoms with Crippen molar-refractivity contribution in [2.24, 2.45) is 11.7 Å². The molecule has 0 atom stereocenters. The van der Waals surface area contributed by atoms with E-state index in [-0.39, 0.29) is 17.8 Å². The molecular formula is C16H20ClN7O. The number of amides is 1. The minimum atomic E-state index is -0.224. The molecule has 1 aliphatic rings. The highest BCUT2D eigenvalue weighted by molar-refractivity contribution is 6.30. The van der Waals surface area contributed by atoms with Gasteiger partial charge in [0.05, 0.1) is 6.54 Å². The predicted molar refractivity (Wildman–Crippen MR) is 96.2 cm³/mol.